The summed E-state index contributed by atoms with van der Waals surface area (Å²) in [5.74, 6) is 0. The van der Waals surface area contributed by atoms with Crippen molar-refractivity contribution in [1.29, 1.82) is 0 Å². The van der Waals surface area contributed by atoms with Gasteiger partial charge in [0.05, 0.1) is 0 Å². The zero-order chi connectivity index (χ0) is 10.3. The minimum Gasteiger partial charge on any atom is -0.386 e. The zero-order valence-electron chi connectivity index (χ0n) is 9.52. The van der Waals surface area contributed by atoms with Gasteiger partial charge in [0.15, 0.2) is 0 Å². The van der Waals surface area contributed by atoms with Gasteiger partial charge in [0.1, 0.15) is 0 Å². The van der Waals surface area contributed by atoms with E-state index in [1.165, 1.54) is 0 Å². The lowest BCUT2D eigenvalue weighted by Crippen LogP contribution is -2.58. The van der Waals surface area contributed by atoms with E-state index in [9.17, 15) is 0 Å². The standard InChI is InChI=1S/C9H23NO2Si/c1-6-8-10-13(11-4,12-5)9(3)7-2/h9-10H,6-8H2,1-5H3. The molecular weight excluding hydrogens is 182 g/mol. The fourth-order valence-electron chi connectivity index (χ4n) is 1.37. The largest absolute Gasteiger partial charge is 0.427 e. The minimum atomic E-state index is -2.12. The maximum atomic E-state index is 5.55. The molecule has 0 amide bonds. The van der Waals surface area contributed by atoms with Crippen molar-refractivity contribution in [3.63, 3.8) is 0 Å². The van der Waals surface area contributed by atoms with Gasteiger partial charge in [0.2, 0.25) is 0 Å². The summed E-state index contributed by atoms with van der Waals surface area (Å²) in [6.45, 7) is 7.46. The summed E-state index contributed by atoms with van der Waals surface area (Å²) in [7, 11) is 1.36. The Balaban J connectivity index is 4.29. The van der Waals surface area contributed by atoms with Gasteiger partial charge in [0, 0.05) is 19.8 Å². The Labute approximate surface area is 83.1 Å². The van der Waals surface area contributed by atoms with E-state index in [0.717, 1.165) is 19.4 Å². The topological polar surface area (TPSA) is 30.5 Å². The molecule has 0 bridgehead atoms. The second-order valence-electron chi connectivity index (χ2n) is 3.31. The highest BCUT2D eigenvalue weighted by Gasteiger charge is 2.41. The Morgan fingerprint density at radius 1 is 1.23 bits per heavy atom. The smallest absolute Gasteiger partial charge is 0.386 e. The first-order valence-corrected chi connectivity index (χ1v) is 6.91. The van der Waals surface area contributed by atoms with Crippen molar-refractivity contribution in [3.8, 4) is 0 Å². The zero-order valence-corrected chi connectivity index (χ0v) is 10.5. The maximum Gasteiger partial charge on any atom is 0.427 e. The summed E-state index contributed by atoms with van der Waals surface area (Å²) >= 11 is 0. The number of hydrogen-bond donors (Lipinski definition) is 1. The summed E-state index contributed by atoms with van der Waals surface area (Å²) in [6, 6.07) is 0. The quantitative estimate of drug-likeness (QED) is 0.645. The van der Waals surface area contributed by atoms with Gasteiger partial charge >= 0.3 is 8.72 Å². The molecule has 0 aliphatic heterocycles. The molecule has 0 aromatic heterocycles. The van der Waals surface area contributed by atoms with E-state index in [0.29, 0.717) is 5.54 Å². The number of hydrogen-bond acceptors (Lipinski definition) is 3. The molecule has 0 aromatic rings. The van der Waals surface area contributed by atoms with Gasteiger partial charge in [-0.05, 0) is 13.0 Å². The monoisotopic (exact) mass is 205 g/mol. The highest BCUT2D eigenvalue weighted by atomic mass is 28.4. The van der Waals surface area contributed by atoms with Gasteiger partial charge in [-0.25, -0.2) is 0 Å². The minimum absolute atomic E-state index is 0.481. The number of nitrogens with one attached hydrogen (secondary N) is 1. The second kappa shape index (κ2) is 6.54. The summed E-state index contributed by atoms with van der Waals surface area (Å²) < 4.78 is 11.1. The average Bonchev–Trinajstić information content (AvgIpc) is 2.19. The Hall–Kier alpha value is 0.0969. The van der Waals surface area contributed by atoms with E-state index in [-0.39, 0.29) is 0 Å². The molecule has 0 saturated heterocycles. The van der Waals surface area contributed by atoms with Crippen molar-refractivity contribution in [2.45, 2.75) is 39.2 Å². The third-order valence-electron chi connectivity index (χ3n) is 2.49. The van der Waals surface area contributed by atoms with Crippen molar-refractivity contribution in [2.24, 2.45) is 0 Å². The van der Waals surface area contributed by atoms with Crippen LogP contribution in [0.1, 0.15) is 33.6 Å². The van der Waals surface area contributed by atoms with Crippen LogP contribution in [-0.2, 0) is 8.85 Å². The van der Waals surface area contributed by atoms with Crippen LogP contribution < -0.4 is 4.98 Å². The van der Waals surface area contributed by atoms with Crippen LogP contribution in [0, 0.1) is 0 Å². The molecule has 80 valence electrons. The summed E-state index contributed by atoms with van der Waals surface area (Å²) in [5, 5.41) is 0. The molecule has 4 heteroatoms. The summed E-state index contributed by atoms with van der Waals surface area (Å²) in [6.07, 6.45) is 2.20. The van der Waals surface area contributed by atoms with Crippen LogP contribution in [0.15, 0.2) is 0 Å². The van der Waals surface area contributed by atoms with Crippen molar-refractivity contribution in [2.75, 3.05) is 20.8 Å². The lowest BCUT2D eigenvalue weighted by Gasteiger charge is -2.32. The Kier molecular flexibility index (Phi) is 6.58. The van der Waals surface area contributed by atoms with E-state index in [4.69, 9.17) is 8.85 Å². The Morgan fingerprint density at radius 3 is 2.08 bits per heavy atom. The average molecular weight is 205 g/mol. The fourth-order valence-corrected chi connectivity index (χ4v) is 4.12. The maximum absolute atomic E-state index is 5.55. The van der Waals surface area contributed by atoms with Crippen LogP contribution in [0.4, 0.5) is 0 Å². The molecule has 0 saturated carbocycles. The molecule has 0 aliphatic rings. The van der Waals surface area contributed by atoms with Crippen LogP contribution in [0.25, 0.3) is 0 Å². The van der Waals surface area contributed by atoms with Crippen molar-refractivity contribution in [1.82, 2.24) is 4.98 Å². The second-order valence-corrected chi connectivity index (χ2v) is 6.80. The molecule has 1 N–H and O–H groups in total. The predicted molar refractivity (Wildman–Crippen MR) is 57.8 cm³/mol. The molecule has 0 radical (unpaired) electrons. The van der Waals surface area contributed by atoms with Crippen LogP contribution in [-0.4, -0.2) is 29.5 Å². The van der Waals surface area contributed by atoms with Gasteiger partial charge in [-0.15, -0.1) is 0 Å². The van der Waals surface area contributed by atoms with Crippen LogP contribution in [0.3, 0.4) is 0 Å². The van der Waals surface area contributed by atoms with Gasteiger partial charge in [0.25, 0.3) is 0 Å². The SMILES string of the molecule is CCCN[Si](OC)(OC)C(C)CC. The van der Waals surface area contributed by atoms with Crippen molar-refractivity contribution >= 4 is 8.72 Å². The first-order chi connectivity index (χ1) is 6.16. The molecule has 1 atom stereocenters. The molecule has 1 unspecified atom stereocenters. The lowest BCUT2D eigenvalue weighted by atomic mass is 10.4. The molecule has 0 spiro atoms. The van der Waals surface area contributed by atoms with E-state index in [1.807, 2.05) is 0 Å². The molecular formula is C9H23NO2Si. The molecule has 0 aliphatic carbocycles. The van der Waals surface area contributed by atoms with Crippen LogP contribution >= 0.6 is 0 Å². The van der Waals surface area contributed by atoms with E-state index < -0.39 is 8.72 Å². The first-order valence-electron chi connectivity index (χ1n) is 5.02. The van der Waals surface area contributed by atoms with Crippen LogP contribution in [0.5, 0.6) is 0 Å². The van der Waals surface area contributed by atoms with Crippen LogP contribution in [0.2, 0.25) is 5.54 Å². The molecule has 0 fully saturated rings. The summed E-state index contributed by atoms with van der Waals surface area (Å²) in [5.41, 5.74) is 0.481. The third-order valence-corrected chi connectivity index (χ3v) is 6.15. The van der Waals surface area contributed by atoms with Crippen molar-refractivity contribution < 1.29 is 8.85 Å². The predicted octanol–water partition coefficient (Wildman–Crippen LogP) is 2.02. The van der Waals surface area contributed by atoms with Gasteiger partial charge in [-0.1, -0.05) is 27.2 Å². The van der Waals surface area contributed by atoms with E-state index in [2.05, 4.69) is 25.8 Å². The molecule has 3 nitrogen and oxygen atoms in total. The van der Waals surface area contributed by atoms with Crippen molar-refractivity contribution in [3.05, 3.63) is 0 Å². The Bertz CT molecular complexity index is 129. The van der Waals surface area contributed by atoms with Gasteiger partial charge in [-0.3, -0.25) is 4.98 Å². The molecule has 13 heavy (non-hydrogen) atoms. The van der Waals surface area contributed by atoms with E-state index in [1.54, 1.807) is 14.2 Å². The highest BCUT2D eigenvalue weighted by Crippen LogP contribution is 2.23. The fraction of sp³-hybridized carbons (Fsp3) is 1.00. The normalized spacial score (nSPS) is 14.5. The third kappa shape index (κ3) is 3.38. The molecule has 0 rings (SSSR count). The molecule has 0 heterocycles. The first kappa shape index (κ1) is 13.1. The highest BCUT2D eigenvalue weighted by molar-refractivity contribution is 6.66. The Morgan fingerprint density at radius 2 is 1.77 bits per heavy atom. The number of rotatable bonds is 7. The lowest BCUT2D eigenvalue weighted by molar-refractivity contribution is 0.215. The van der Waals surface area contributed by atoms with Gasteiger partial charge < -0.3 is 8.85 Å². The molecule has 0 aromatic carbocycles. The van der Waals surface area contributed by atoms with Gasteiger partial charge in [-0.2, -0.15) is 0 Å². The summed E-state index contributed by atoms with van der Waals surface area (Å²) in [4.78, 5) is 3.43. The van der Waals surface area contributed by atoms with E-state index >= 15 is 0 Å².